The number of carbonyl (C=O) groups is 1. The van der Waals surface area contributed by atoms with Crippen molar-refractivity contribution in [2.75, 3.05) is 46.3 Å². The number of likely N-dealkylation sites (N-methyl/N-ethyl adjacent to an activating group) is 1. The molecule has 1 aliphatic carbocycles. The molecule has 2 aromatic carbocycles. The molecule has 0 spiro atoms. The summed E-state index contributed by atoms with van der Waals surface area (Å²) in [6.07, 6.45) is 7.04. The van der Waals surface area contributed by atoms with E-state index in [0.717, 1.165) is 69.8 Å². The SMILES string of the molecule is CN1CCN(CCCNC(=O)c2ccc(-n3c(-c4ccccc4)cc4c3CCCCC4)cc2)CC1. The fourth-order valence-electron chi connectivity index (χ4n) is 5.43. The van der Waals surface area contributed by atoms with E-state index in [1.54, 1.807) is 0 Å². The number of hydrogen-bond acceptors (Lipinski definition) is 3. The van der Waals surface area contributed by atoms with E-state index in [1.807, 2.05) is 12.1 Å². The van der Waals surface area contributed by atoms with Crippen molar-refractivity contribution in [1.29, 1.82) is 0 Å². The van der Waals surface area contributed by atoms with Crippen LogP contribution in [0.15, 0.2) is 60.7 Å². The predicted octanol–water partition coefficient (Wildman–Crippen LogP) is 4.78. The standard InChI is InChI=1S/C30H38N4O/c1-32-19-21-33(22-20-32)18-8-17-31-30(35)25-13-15-27(16-14-25)34-28-12-7-3-6-11-26(28)23-29(34)24-9-4-2-5-10-24/h2,4-5,9-10,13-16,23H,3,6-8,11-12,17-22H2,1H3,(H,31,35). The molecule has 1 aromatic heterocycles. The zero-order valence-electron chi connectivity index (χ0n) is 21.0. The molecule has 0 bridgehead atoms. The van der Waals surface area contributed by atoms with Gasteiger partial charge in [-0.2, -0.15) is 0 Å². The minimum Gasteiger partial charge on any atom is -0.352 e. The van der Waals surface area contributed by atoms with E-state index < -0.39 is 0 Å². The molecular formula is C30H38N4O. The van der Waals surface area contributed by atoms with Crippen molar-refractivity contribution in [1.82, 2.24) is 19.7 Å². The fourth-order valence-corrected chi connectivity index (χ4v) is 5.43. The van der Waals surface area contributed by atoms with Gasteiger partial charge in [0.05, 0.1) is 5.69 Å². The fraction of sp³-hybridized carbons (Fsp3) is 0.433. The summed E-state index contributed by atoms with van der Waals surface area (Å²) in [5, 5.41) is 3.11. The first kappa shape index (κ1) is 23.8. The van der Waals surface area contributed by atoms with Crippen LogP contribution in [0.2, 0.25) is 0 Å². The Morgan fingerprint density at radius 3 is 2.40 bits per heavy atom. The zero-order valence-corrected chi connectivity index (χ0v) is 21.0. The lowest BCUT2D eigenvalue weighted by Crippen LogP contribution is -2.45. The van der Waals surface area contributed by atoms with Gasteiger partial charge < -0.3 is 19.7 Å². The van der Waals surface area contributed by atoms with Crippen LogP contribution in [-0.4, -0.2) is 66.6 Å². The first-order chi connectivity index (χ1) is 17.2. The van der Waals surface area contributed by atoms with Crippen LogP contribution in [0.3, 0.4) is 0 Å². The lowest BCUT2D eigenvalue weighted by Gasteiger charge is -2.32. The average molecular weight is 471 g/mol. The van der Waals surface area contributed by atoms with Gasteiger partial charge in [0.15, 0.2) is 0 Å². The molecule has 5 rings (SSSR count). The third kappa shape index (κ3) is 5.68. The Morgan fingerprint density at radius 2 is 1.63 bits per heavy atom. The van der Waals surface area contributed by atoms with Crippen molar-refractivity contribution in [3.8, 4) is 16.9 Å². The van der Waals surface area contributed by atoms with Gasteiger partial charge in [0.25, 0.3) is 5.91 Å². The molecule has 184 valence electrons. The molecule has 3 aromatic rings. The van der Waals surface area contributed by atoms with Crippen LogP contribution >= 0.6 is 0 Å². The van der Waals surface area contributed by atoms with E-state index in [4.69, 9.17) is 0 Å². The van der Waals surface area contributed by atoms with E-state index in [2.05, 4.69) is 75.3 Å². The van der Waals surface area contributed by atoms with Crippen LogP contribution in [0.4, 0.5) is 0 Å². The Kier molecular flexibility index (Phi) is 7.65. The third-order valence-corrected chi connectivity index (χ3v) is 7.54. The molecular weight excluding hydrogens is 432 g/mol. The summed E-state index contributed by atoms with van der Waals surface area (Å²) < 4.78 is 2.42. The second-order valence-corrected chi connectivity index (χ2v) is 10.1. The van der Waals surface area contributed by atoms with Crippen molar-refractivity contribution in [2.24, 2.45) is 0 Å². The van der Waals surface area contributed by atoms with Crippen LogP contribution in [0.1, 0.15) is 47.3 Å². The maximum absolute atomic E-state index is 12.8. The van der Waals surface area contributed by atoms with Gasteiger partial charge in [-0.25, -0.2) is 0 Å². The van der Waals surface area contributed by atoms with Crippen molar-refractivity contribution in [3.63, 3.8) is 0 Å². The molecule has 5 heteroatoms. The number of fused-ring (bicyclic) bond motifs is 1. The van der Waals surface area contributed by atoms with Gasteiger partial charge in [-0.1, -0.05) is 36.8 Å². The maximum Gasteiger partial charge on any atom is 0.251 e. The lowest BCUT2D eigenvalue weighted by molar-refractivity contribution is 0.0949. The summed E-state index contributed by atoms with van der Waals surface area (Å²) in [5.41, 5.74) is 7.26. The van der Waals surface area contributed by atoms with Gasteiger partial charge >= 0.3 is 0 Å². The monoisotopic (exact) mass is 470 g/mol. The Morgan fingerprint density at radius 1 is 0.886 bits per heavy atom. The van der Waals surface area contributed by atoms with Gasteiger partial charge in [0.2, 0.25) is 0 Å². The van der Waals surface area contributed by atoms with E-state index in [0.29, 0.717) is 0 Å². The Balaban J connectivity index is 1.27. The van der Waals surface area contributed by atoms with E-state index in [-0.39, 0.29) is 5.91 Å². The highest BCUT2D eigenvalue weighted by Gasteiger charge is 2.20. The van der Waals surface area contributed by atoms with E-state index in [1.165, 1.54) is 41.8 Å². The number of nitrogens with zero attached hydrogens (tertiary/aromatic N) is 3. The van der Waals surface area contributed by atoms with Crippen LogP contribution in [0, 0.1) is 0 Å². The average Bonchev–Trinajstić information content (AvgIpc) is 3.10. The van der Waals surface area contributed by atoms with E-state index >= 15 is 0 Å². The molecule has 0 radical (unpaired) electrons. The van der Waals surface area contributed by atoms with Crippen LogP contribution < -0.4 is 5.32 Å². The molecule has 5 nitrogen and oxygen atoms in total. The smallest absolute Gasteiger partial charge is 0.251 e. The molecule has 35 heavy (non-hydrogen) atoms. The van der Waals surface area contributed by atoms with Crippen LogP contribution in [0.25, 0.3) is 16.9 Å². The zero-order chi connectivity index (χ0) is 24.0. The summed E-state index contributed by atoms with van der Waals surface area (Å²) in [7, 11) is 2.18. The predicted molar refractivity (Wildman–Crippen MR) is 143 cm³/mol. The summed E-state index contributed by atoms with van der Waals surface area (Å²) in [6, 6.07) is 21.2. The van der Waals surface area contributed by atoms with Gasteiger partial charge in [-0.15, -0.1) is 0 Å². The second kappa shape index (κ2) is 11.2. The quantitative estimate of drug-likeness (QED) is 0.399. The molecule has 1 aliphatic heterocycles. The summed E-state index contributed by atoms with van der Waals surface area (Å²) >= 11 is 0. The lowest BCUT2D eigenvalue weighted by atomic mass is 10.1. The Bertz CT molecular complexity index is 1110. The number of benzene rings is 2. The maximum atomic E-state index is 12.8. The number of rotatable bonds is 7. The number of nitrogens with one attached hydrogen (secondary N) is 1. The third-order valence-electron chi connectivity index (χ3n) is 7.54. The molecule has 0 atom stereocenters. The summed E-state index contributed by atoms with van der Waals surface area (Å²) in [6.45, 7) is 6.29. The van der Waals surface area contributed by atoms with Gasteiger partial charge in [0, 0.05) is 49.7 Å². The van der Waals surface area contributed by atoms with Gasteiger partial charge in [0.1, 0.15) is 0 Å². The number of hydrogen-bond donors (Lipinski definition) is 1. The summed E-state index contributed by atoms with van der Waals surface area (Å²) in [4.78, 5) is 17.6. The molecule has 1 N–H and O–H groups in total. The van der Waals surface area contributed by atoms with Gasteiger partial charge in [-0.05, 0) is 87.2 Å². The molecule has 2 aliphatic rings. The number of aryl methyl sites for hydroxylation is 1. The highest BCUT2D eigenvalue weighted by molar-refractivity contribution is 5.94. The van der Waals surface area contributed by atoms with Crippen molar-refractivity contribution < 1.29 is 4.79 Å². The van der Waals surface area contributed by atoms with Gasteiger partial charge in [-0.3, -0.25) is 4.79 Å². The minimum absolute atomic E-state index is 0.0181. The first-order valence-corrected chi connectivity index (χ1v) is 13.3. The number of amides is 1. The summed E-state index contributed by atoms with van der Waals surface area (Å²) in [5.74, 6) is 0.0181. The topological polar surface area (TPSA) is 40.5 Å². The normalized spacial score (nSPS) is 17.1. The minimum atomic E-state index is 0.0181. The molecule has 1 saturated heterocycles. The second-order valence-electron chi connectivity index (χ2n) is 10.1. The highest BCUT2D eigenvalue weighted by atomic mass is 16.1. The van der Waals surface area contributed by atoms with Crippen molar-refractivity contribution in [3.05, 3.63) is 77.5 Å². The number of carbonyl (C=O) groups excluding carboxylic acids is 1. The van der Waals surface area contributed by atoms with E-state index in [9.17, 15) is 4.79 Å². The molecule has 0 unspecified atom stereocenters. The Labute approximate surface area is 209 Å². The van der Waals surface area contributed by atoms with Crippen molar-refractivity contribution >= 4 is 5.91 Å². The number of piperazine rings is 1. The highest BCUT2D eigenvalue weighted by Crippen LogP contribution is 2.33. The Hall–Kier alpha value is -2.89. The largest absolute Gasteiger partial charge is 0.352 e. The van der Waals surface area contributed by atoms with Crippen molar-refractivity contribution in [2.45, 2.75) is 38.5 Å². The first-order valence-electron chi connectivity index (χ1n) is 13.3. The molecule has 1 fully saturated rings. The van der Waals surface area contributed by atoms with Crippen LogP contribution in [-0.2, 0) is 12.8 Å². The molecule has 1 amide bonds. The van der Waals surface area contributed by atoms with Crippen LogP contribution in [0.5, 0.6) is 0 Å². The molecule has 2 heterocycles. The number of aromatic nitrogens is 1. The molecule has 0 saturated carbocycles.